The van der Waals surface area contributed by atoms with Gasteiger partial charge in [-0.1, -0.05) is 113 Å². The SMILES string of the molecule is CC(C)(C)c1ccc(OCC(=O)Nc2cccc(C(=O)Nc3[nH]n(-c4c(Cl)cc(Cl)cc4Cl)c(=O)c3OC(=O)NC(=O)c3ccccc3)c2)c(C(C)(C)C)c1. The number of aromatic amines is 1. The number of hydrogen-bond acceptors (Lipinski definition) is 7. The van der Waals surface area contributed by atoms with Gasteiger partial charge in [0.2, 0.25) is 5.75 Å². The van der Waals surface area contributed by atoms with E-state index >= 15 is 0 Å². The molecule has 0 aliphatic rings. The summed E-state index contributed by atoms with van der Waals surface area (Å²) < 4.78 is 12.1. The molecule has 0 saturated heterocycles. The molecule has 0 fully saturated rings. The lowest BCUT2D eigenvalue weighted by Crippen LogP contribution is -2.34. The van der Waals surface area contributed by atoms with E-state index in [0.29, 0.717) is 5.75 Å². The van der Waals surface area contributed by atoms with Gasteiger partial charge >= 0.3 is 11.7 Å². The zero-order valence-corrected chi connectivity index (χ0v) is 33.0. The van der Waals surface area contributed by atoms with Crippen LogP contribution in [0.15, 0.2) is 89.7 Å². The molecule has 5 rings (SSSR count). The monoisotopic (exact) mass is 805 g/mol. The number of rotatable bonds is 9. The molecule has 0 aliphatic heterocycles. The average Bonchev–Trinajstić information content (AvgIpc) is 3.39. The number of H-pyrrole nitrogens is 1. The highest BCUT2D eigenvalue weighted by atomic mass is 35.5. The van der Waals surface area contributed by atoms with Crippen LogP contribution in [0.1, 0.15) is 73.4 Å². The smallest absolute Gasteiger partial charge is 0.419 e. The van der Waals surface area contributed by atoms with Crippen molar-refractivity contribution in [3.63, 3.8) is 0 Å². The number of carbonyl (C=O) groups is 4. The summed E-state index contributed by atoms with van der Waals surface area (Å²) in [7, 11) is 0. The summed E-state index contributed by atoms with van der Waals surface area (Å²) in [5, 5.41) is 10.0. The Balaban J connectivity index is 1.36. The summed E-state index contributed by atoms with van der Waals surface area (Å²) in [4.78, 5) is 65.7. The highest BCUT2D eigenvalue weighted by Crippen LogP contribution is 2.36. The predicted octanol–water partition coefficient (Wildman–Crippen LogP) is 8.92. The first kappa shape index (κ1) is 40.6. The molecule has 12 nitrogen and oxygen atoms in total. The Bertz CT molecular complexity index is 2320. The van der Waals surface area contributed by atoms with Gasteiger partial charge in [0.15, 0.2) is 12.4 Å². The largest absolute Gasteiger partial charge is 0.483 e. The third-order valence-electron chi connectivity index (χ3n) is 8.16. The molecular formula is C40H38Cl3N5O7. The highest BCUT2D eigenvalue weighted by molar-refractivity contribution is 6.40. The van der Waals surface area contributed by atoms with Crippen LogP contribution in [0.3, 0.4) is 0 Å². The van der Waals surface area contributed by atoms with E-state index in [4.69, 9.17) is 44.3 Å². The lowest BCUT2D eigenvalue weighted by atomic mass is 9.80. The summed E-state index contributed by atoms with van der Waals surface area (Å²) in [6.07, 6.45) is -1.31. The van der Waals surface area contributed by atoms with Crippen LogP contribution < -0.4 is 31.0 Å². The molecule has 1 heterocycles. The van der Waals surface area contributed by atoms with Gasteiger partial charge in [0.25, 0.3) is 17.7 Å². The fourth-order valence-corrected chi connectivity index (χ4v) is 6.34. The number of nitrogens with zero attached hydrogens (tertiary/aromatic N) is 1. The quantitative estimate of drug-likeness (QED) is 0.116. The van der Waals surface area contributed by atoms with Crippen LogP contribution in [0, 0.1) is 0 Å². The number of aromatic nitrogens is 2. The summed E-state index contributed by atoms with van der Waals surface area (Å²) in [5.41, 5.74) is 1.22. The van der Waals surface area contributed by atoms with Gasteiger partial charge in [-0.15, -0.1) is 0 Å². The fraction of sp³-hybridized carbons (Fsp3) is 0.225. The van der Waals surface area contributed by atoms with Gasteiger partial charge < -0.3 is 20.1 Å². The van der Waals surface area contributed by atoms with Gasteiger partial charge in [0.1, 0.15) is 11.4 Å². The van der Waals surface area contributed by atoms with Crippen LogP contribution in [0.2, 0.25) is 15.1 Å². The first-order valence-corrected chi connectivity index (χ1v) is 18.0. The van der Waals surface area contributed by atoms with Gasteiger partial charge in [0.05, 0.1) is 10.0 Å². The van der Waals surface area contributed by atoms with Crippen LogP contribution in [0.25, 0.3) is 5.69 Å². The van der Waals surface area contributed by atoms with Crippen molar-refractivity contribution in [2.45, 2.75) is 52.4 Å². The number of hydrogen-bond donors (Lipinski definition) is 4. The van der Waals surface area contributed by atoms with E-state index in [0.717, 1.165) is 15.8 Å². The number of benzene rings is 4. The normalized spacial score (nSPS) is 11.4. The van der Waals surface area contributed by atoms with Gasteiger partial charge in [-0.25, -0.2) is 9.48 Å². The van der Waals surface area contributed by atoms with Crippen LogP contribution >= 0.6 is 34.8 Å². The third-order valence-corrected chi connectivity index (χ3v) is 8.95. The predicted molar refractivity (Wildman–Crippen MR) is 214 cm³/mol. The zero-order valence-electron chi connectivity index (χ0n) is 30.7. The second-order valence-electron chi connectivity index (χ2n) is 14.5. The molecule has 0 spiro atoms. The maximum Gasteiger partial charge on any atom is 0.419 e. The van der Waals surface area contributed by atoms with Crippen molar-refractivity contribution in [3.8, 4) is 17.2 Å². The zero-order chi connectivity index (χ0) is 40.2. The van der Waals surface area contributed by atoms with E-state index in [1.54, 1.807) is 24.3 Å². The molecule has 0 bridgehead atoms. The Morgan fingerprint density at radius 3 is 2.04 bits per heavy atom. The van der Waals surface area contributed by atoms with E-state index in [2.05, 4.69) is 63.3 Å². The van der Waals surface area contributed by atoms with Crippen molar-refractivity contribution in [2.75, 3.05) is 17.2 Å². The van der Waals surface area contributed by atoms with Gasteiger partial charge in [0, 0.05) is 21.8 Å². The summed E-state index contributed by atoms with van der Waals surface area (Å²) in [5.74, 6) is -2.53. The van der Waals surface area contributed by atoms with Gasteiger partial charge in [-0.3, -0.25) is 29.6 Å². The van der Waals surface area contributed by atoms with E-state index < -0.39 is 35.1 Å². The van der Waals surface area contributed by atoms with Crippen molar-refractivity contribution in [1.29, 1.82) is 0 Å². The Hall–Kier alpha value is -5.56. The molecule has 4 N–H and O–H groups in total. The molecule has 5 aromatic rings. The van der Waals surface area contributed by atoms with E-state index in [1.165, 1.54) is 42.5 Å². The number of nitrogens with one attached hydrogen (secondary N) is 4. The second kappa shape index (κ2) is 16.4. The number of halogens is 3. The van der Waals surface area contributed by atoms with Crippen LogP contribution in [-0.2, 0) is 15.6 Å². The third kappa shape index (κ3) is 9.96. The molecule has 0 unspecified atom stereocenters. The molecule has 15 heteroatoms. The van der Waals surface area contributed by atoms with Crippen molar-refractivity contribution in [3.05, 3.63) is 133 Å². The minimum atomic E-state index is -1.31. The molecule has 286 valence electrons. The number of anilines is 2. The van der Waals surface area contributed by atoms with Crippen molar-refractivity contribution >= 4 is 70.1 Å². The molecule has 4 aromatic carbocycles. The lowest BCUT2D eigenvalue weighted by Gasteiger charge is -2.27. The molecule has 0 saturated carbocycles. The van der Waals surface area contributed by atoms with E-state index in [1.807, 2.05) is 17.4 Å². The number of ether oxygens (including phenoxy) is 2. The first-order valence-electron chi connectivity index (χ1n) is 16.9. The number of imide groups is 1. The second-order valence-corrected chi connectivity index (χ2v) is 15.7. The minimum absolute atomic E-state index is 0.0436. The van der Waals surface area contributed by atoms with Crippen molar-refractivity contribution in [1.82, 2.24) is 15.1 Å². The molecule has 55 heavy (non-hydrogen) atoms. The Labute approximate surface area is 332 Å². The van der Waals surface area contributed by atoms with Crippen molar-refractivity contribution < 1.29 is 28.7 Å². The van der Waals surface area contributed by atoms with Crippen molar-refractivity contribution in [2.24, 2.45) is 0 Å². The summed E-state index contributed by atoms with van der Waals surface area (Å²) >= 11 is 18.8. The molecular weight excluding hydrogens is 769 g/mol. The van der Waals surface area contributed by atoms with Crippen LogP contribution in [0.5, 0.6) is 11.5 Å². The van der Waals surface area contributed by atoms with Crippen LogP contribution in [-0.4, -0.2) is 40.2 Å². The molecule has 4 amide bonds. The van der Waals surface area contributed by atoms with Gasteiger partial charge in [-0.2, -0.15) is 0 Å². The van der Waals surface area contributed by atoms with Gasteiger partial charge in [-0.05, 0) is 70.5 Å². The molecule has 0 radical (unpaired) electrons. The highest BCUT2D eigenvalue weighted by Gasteiger charge is 2.26. The maximum atomic E-state index is 13.6. The fourth-order valence-electron chi connectivity index (χ4n) is 5.35. The number of carbonyl (C=O) groups excluding carboxylic acids is 4. The first-order chi connectivity index (χ1) is 25.8. The summed E-state index contributed by atoms with van der Waals surface area (Å²) in [6.45, 7) is 12.3. The topological polar surface area (TPSA) is 161 Å². The lowest BCUT2D eigenvalue weighted by molar-refractivity contribution is -0.118. The Morgan fingerprint density at radius 2 is 1.40 bits per heavy atom. The Morgan fingerprint density at radius 1 is 0.745 bits per heavy atom. The Kier molecular flexibility index (Phi) is 12.1. The minimum Gasteiger partial charge on any atom is -0.483 e. The standard InChI is InChI=1S/C40H38Cl3N5O7/c1-39(2,3)24-15-16-30(27(18-24)40(4,5)6)54-21-31(49)44-26-14-10-13-23(17-26)36(51)45-34-33(55-38(53)46-35(50)22-11-8-7-9-12-22)37(52)48(47-34)32-28(42)19-25(41)20-29(32)43/h7-20,47H,21H2,1-6H3,(H,44,49)(H,45,51)(H,46,50,53). The molecule has 0 aliphatic carbocycles. The average molecular weight is 807 g/mol. The summed E-state index contributed by atoms with van der Waals surface area (Å²) in [6, 6.07) is 22.4. The van der Waals surface area contributed by atoms with Crippen LogP contribution in [0.4, 0.5) is 16.3 Å². The number of amides is 4. The molecule has 0 atom stereocenters. The maximum absolute atomic E-state index is 13.6. The van der Waals surface area contributed by atoms with E-state index in [9.17, 15) is 24.0 Å². The van der Waals surface area contributed by atoms with E-state index in [-0.39, 0.29) is 60.8 Å². The molecule has 1 aromatic heterocycles.